The zero-order chi connectivity index (χ0) is 14.5. The van der Waals surface area contributed by atoms with Gasteiger partial charge >= 0.3 is 0 Å². The molecule has 2 N–H and O–H groups in total. The molecule has 1 aromatic carbocycles. The average Bonchev–Trinajstić information content (AvgIpc) is 2.40. The third kappa shape index (κ3) is 3.80. The highest BCUT2D eigenvalue weighted by atomic mass is 15.2. The van der Waals surface area contributed by atoms with Crippen LogP contribution in [-0.4, -0.2) is 24.0 Å². The summed E-state index contributed by atoms with van der Waals surface area (Å²) >= 11 is 0. The maximum Gasteiger partial charge on any atom is 0.0567 e. The Kier molecular flexibility index (Phi) is 6.02. The molecule has 19 heavy (non-hydrogen) atoms. The van der Waals surface area contributed by atoms with E-state index in [1.54, 1.807) is 0 Å². The Bertz CT molecular complexity index is 357. The molecule has 0 radical (unpaired) electrons. The van der Waals surface area contributed by atoms with E-state index in [0.29, 0.717) is 12.0 Å². The molecule has 0 fully saturated rings. The minimum Gasteiger partial charge on any atom is -0.320 e. The lowest BCUT2D eigenvalue weighted by molar-refractivity contribution is 0.126. The molecule has 2 nitrogen and oxygen atoms in total. The maximum atomic E-state index is 6.87. The van der Waals surface area contributed by atoms with E-state index < -0.39 is 0 Å². The highest BCUT2D eigenvalue weighted by Crippen LogP contribution is 2.32. The van der Waals surface area contributed by atoms with Crippen molar-refractivity contribution in [2.45, 2.75) is 52.6 Å². The van der Waals surface area contributed by atoms with Crippen LogP contribution in [0.2, 0.25) is 0 Å². The van der Waals surface area contributed by atoms with Crippen molar-refractivity contribution in [1.29, 1.82) is 0 Å². The minimum atomic E-state index is -0.276. The lowest BCUT2D eigenvalue weighted by atomic mass is 9.77. The summed E-state index contributed by atoms with van der Waals surface area (Å²) in [5.74, 6) is 0.586. The SMILES string of the molecule is CCN(CC)C(C)C(N)(CC(C)C)c1ccccc1. The first-order valence-corrected chi connectivity index (χ1v) is 7.54. The number of nitrogens with zero attached hydrogens (tertiary/aromatic N) is 1. The Morgan fingerprint density at radius 1 is 1.05 bits per heavy atom. The van der Waals surface area contributed by atoms with Crippen LogP contribution in [0.3, 0.4) is 0 Å². The van der Waals surface area contributed by atoms with Gasteiger partial charge in [0.05, 0.1) is 5.54 Å². The molecule has 0 spiro atoms. The number of hydrogen-bond donors (Lipinski definition) is 1. The van der Waals surface area contributed by atoms with E-state index in [1.165, 1.54) is 5.56 Å². The van der Waals surface area contributed by atoms with E-state index in [-0.39, 0.29) is 5.54 Å². The van der Waals surface area contributed by atoms with E-state index >= 15 is 0 Å². The topological polar surface area (TPSA) is 29.3 Å². The van der Waals surface area contributed by atoms with Gasteiger partial charge in [0.2, 0.25) is 0 Å². The summed E-state index contributed by atoms with van der Waals surface area (Å²) in [5.41, 5.74) is 7.85. The van der Waals surface area contributed by atoms with Crippen LogP contribution in [0.4, 0.5) is 0 Å². The minimum absolute atomic E-state index is 0.276. The molecule has 0 aromatic heterocycles. The van der Waals surface area contributed by atoms with Crippen molar-refractivity contribution in [1.82, 2.24) is 4.90 Å². The first-order chi connectivity index (χ1) is 8.95. The summed E-state index contributed by atoms with van der Waals surface area (Å²) in [7, 11) is 0. The quantitative estimate of drug-likeness (QED) is 0.813. The maximum absolute atomic E-state index is 6.87. The Balaban J connectivity index is 3.12. The van der Waals surface area contributed by atoms with Crippen LogP contribution in [0.25, 0.3) is 0 Å². The van der Waals surface area contributed by atoms with Crippen molar-refractivity contribution < 1.29 is 0 Å². The predicted octanol–water partition coefficient (Wildman–Crippen LogP) is 3.62. The second kappa shape index (κ2) is 7.06. The van der Waals surface area contributed by atoms with Crippen LogP contribution in [-0.2, 0) is 5.54 Å². The van der Waals surface area contributed by atoms with Crippen LogP contribution in [0, 0.1) is 5.92 Å². The largest absolute Gasteiger partial charge is 0.320 e. The molecule has 108 valence electrons. The number of rotatable bonds is 7. The number of hydrogen-bond acceptors (Lipinski definition) is 2. The molecule has 0 saturated heterocycles. The van der Waals surface area contributed by atoms with E-state index in [1.807, 2.05) is 0 Å². The molecule has 2 unspecified atom stereocenters. The summed E-state index contributed by atoms with van der Waals surface area (Å²) in [6, 6.07) is 10.9. The lowest BCUT2D eigenvalue weighted by Gasteiger charge is -2.43. The van der Waals surface area contributed by atoms with Gasteiger partial charge < -0.3 is 5.73 Å². The summed E-state index contributed by atoms with van der Waals surface area (Å²) in [4.78, 5) is 2.45. The molecule has 0 aliphatic heterocycles. The summed E-state index contributed by atoms with van der Waals surface area (Å²) in [5, 5.41) is 0. The zero-order valence-electron chi connectivity index (χ0n) is 13.2. The van der Waals surface area contributed by atoms with Crippen molar-refractivity contribution in [3.05, 3.63) is 35.9 Å². The van der Waals surface area contributed by atoms with Crippen LogP contribution < -0.4 is 5.73 Å². The van der Waals surface area contributed by atoms with Gasteiger partial charge in [-0.15, -0.1) is 0 Å². The fraction of sp³-hybridized carbons (Fsp3) is 0.647. The van der Waals surface area contributed by atoms with Crippen molar-refractivity contribution >= 4 is 0 Å². The van der Waals surface area contributed by atoms with Crippen LogP contribution in [0.15, 0.2) is 30.3 Å². The standard InChI is InChI=1S/C17H30N2/c1-6-19(7-2)15(5)17(18,13-14(3)4)16-11-9-8-10-12-16/h8-12,14-15H,6-7,13,18H2,1-5H3. The molecule has 1 aromatic rings. The lowest BCUT2D eigenvalue weighted by Crippen LogP contribution is -2.55. The van der Waals surface area contributed by atoms with Crippen molar-refractivity contribution in [3.63, 3.8) is 0 Å². The van der Waals surface area contributed by atoms with Crippen molar-refractivity contribution in [2.75, 3.05) is 13.1 Å². The fourth-order valence-corrected chi connectivity index (χ4v) is 3.05. The number of likely N-dealkylation sites (N-methyl/N-ethyl adjacent to an activating group) is 1. The molecule has 1 rings (SSSR count). The number of nitrogens with two attached hydrogens (primary N) is 1. The second-order valence-electron chi connectivity index (χ2n) is 5.90. The molecule has 0 aliphatic carbocycles. The smallest absolute Gasteiger partial charge is 0.0567 e. The molecule has 2 atom stereocenters. The van der Waals surface area contributed by atoms with Gasteiger partial charge in [-0.1, -0.05) is 58.0 Å². The molecular formula is C17H30N2. The third-order valence-electron chi connectivity index (χ3n) is 4.16. The highest BCUT2D eigenvalue weighted by Gasteiger charge is 2.36. The van der Waals surface area contributed by atoms with Gasteiger partial charge in [-0.05, 0) is 37.9 Å². The van der Waals surface area contributed by atoms with E-state index in [9.17, 15) is 0 Å². The fourth-order valence-electron chi connectivity index (χ4n) is 3.05. The Hall–Kier alpha value is -0.860. The zero-order valence-corrected chi connectivity index (χ0v) is 13.2. The first-order valence-electron chi connectivity index (χ1n) is 7.54. The molecule has 0 bridgehead atoms. The number of benzene rings is 1. The van der Waals surface area contributed by atoms with E-state index in [2.05, 4.69) is 69.9 Å². The van der Waals surface area contributed by atoms with Gasteiger partial charge in [-0.3, -0.25) is 4.90 Å². The van der Waals surface area contributed by atoms with E-state index in [0.717, 1.165) is 19.5 Å². The Labute approximate surface area is 119 Å². The molecular weight excluding hydrogens is 232 g/mol. The van der Waals surface area contributed by atoms with Gasteiger partial charge in [-0.2, -0.15) is 0 Å². The molecule has 0 heterocycles. The Morgan fingerprint density at radius 3 is 2.00 bits per heavy atom. The molecule has 2 heteroatoms. The summed E-state index contributed by atoms with van der Waals surface area (Å²) in [6.07, 6.45) is 1.01. The average molecular weight is 262 g/mol. The Morgan fingerprint density at radius 2 is 1.58 bits per heavy atom. The van der Waals surface area contributed by atoms with Crippen LogP contribution in [0.1, 0.15) is 46.6 Å². The molecule has 0 aliphatic rings. The third-order valence-corrected chi connectivity index (χ3v) is 4.16. The monoisotopic (exact) mass is 262 g/mol. The van der Waals surface area contributed by atoms with Gasteiger partial charge in [0.15, 0.2) is 0 Å². The summed E-state index contributed by atoms with van der Waals surface area (Å²) < 4.78 is 0. The van der Waals surface area contributed by atoms with Crippen molar-refractivity contribution in [3.8, 4) is 0 Å². The van der Waals surface area contributed by atoms with Crippen LogP contribution >= 0.6 is 0 Å². The van der Waals surface area contributed by atoms with Gasteiger partial charge in [-0.25, -0.2) is 0 Å². The van der Waals surface area contributed by atoms with Gasteiger partial charge in [0.1, 0.15) is 0 Å². The molecule has 0 saturated carbocycles. The molecule has 0 amide bonds. The summed E-state index contributed by atoms with van der Waals surface area (Å²) in [6.45, 7) is 13.3. The van der Waals surface area contributed by atoms with Crippen LogP contribution in [0.5, 0.6) is 0 Å². The van der Waals surface area contributed by atoms with E-state index in [4.69, 9.17) is 5.73 Å². The van der Waals surface area contributed by atoms with Crippen molar-refractivity contribution in [2.24, 2.45) is 11.7 Å². The second-order valence-corrected chi connectivity index (χ2v) is 5.90. The first kappa shape index (κ1) is 16.2. The predicted molar refractivity (Wildman–Crippen MR) is 84.1 cm³/mol. The van der Waals surface area contributed by atoms with Gasteiger partial charge in [0.25, 0.3) is 0 Å². The van der Waals surface area contributed by atoms with Gasteiger partial charge in [0, 0.05) is 6.04 Å². The highest BCUT2D eigenvalue weighted by molar-refractivity contribution is 5.26. The normalized spacial score (nSPS) is 16.6.